The lowest BCUT2D eigenvalue weighted by Crippen LogP contribution is -2.47. The van der Waals surface area contributed by atoms with Gasteiger partial charge in [0.05, 0.1) is 12.1 Å². The van der Waals surface area contributed by atoms with E-state index in [2.05, 4.69) is 10.6 Å². The first-order valence-corrected chi connectivity index (χ1v) is 5.06. The maximum absolute atomic E-state index is 11.4. The summed E-state index contributed by atoms with van der Waals surface area (Å²) in [6.07, 6.45) is 0.442. The number of carbonyl (C=O) groups excluding carboxylic acids is 1. The van der Waals surface area contributed by atoms with Crippen LogP contribution in [0.4, 0.5) is 0 Å². The van der Waals surface area contributed by atoms with Crippen molar-refractivity contribution < 1.29 is 9.90 Å². The predicted octanol–water partition coefficient (Wildman–Crippen LogP) is 0.262. The summed E-state index contributed by atoms with van der Waals surface area (Å²) in [5.74, 6) is -0.0301. The molecule has 3 N–H and O–H groups in total. The highest BCUT2D eigenvalue weighted by Gasteiger charge is 2.19. The highest BCUT2D eigenvalue weighted by atomic mass is 16.3. The van der Waals surface area contributed by atoms with Gasteiger partial charge in [-0.05, 0) is 27.3 Å². The molecule has 1 amide bonds. The molecule has 0 heterocycles. The molecule has 0 aliphatic rings. The van der Waals surface area contributed by atoms with E-state index >= 15 is 0 Å². The van der Waals surface area contributed by atoms with Gasteiger partial charge in [-0.25, -0.2) is 0 Å². The maximum Gasteiger partial charge on any atom is 0.222 e. The van der Waals surface area contributed by atoms with Crippen LogP contribution in [0.1, 0.15) is 34.1 Å². The van der Waals surface area contributed by atoms with Gasteiger partial charge >= 0.3 is 0 Å². The van der Waals surface area contributed by atoms with Crippen LogP contribution in [0.25, 0.3) is 0 Å². The summed E-state index contributed by atoms with van der Waals surface area (Å²) in [6.45, 7) is 8.37. The minimum absolute atomic E-state index is 0.0301. The molecule has 0 rings (SSSR count). The van der Waals surface area contributed by atoms with E-state index in [0.717, 1.165) is 6.54 Å². The van der Waals surface area contributed by atoms with Gasteiger partial charge in [-0.2, -0.15) is 0 Å². The van der Waals surface area contributed by atoms with E-state index in [0.29, 0.717) is 6.42 Å². The second-order valence-corrected chi connectivity index (χ2v) is 4.25. The Morgan fingerprint density at radius 1 is 1.50 bits per heavy atom. The molecule has 0 aromatic carbocycles. The predicted molar refractivity (Wildman–Crippen MR) is 57.1 cm³/mol. The van der Waals surface area contributed by atoms with Crippen molar-refractivity contribution in [2.75, 3.05) is 13.2 Å². The Bertz CT molecular complexity index is 181. The number of aliphatic hydroxyl groups excluding tert-OH is 1. The van der Waals surface area contributed by atoms with Crippen molar-refractivity contribution in [2.24, 2.45) is 0 Å². The molecule has 0 aliphatic carbocycles. The van der Waals surface area contributed by atoms with Crippen LogP contribution in [-0.2, 0) is 4.79 Å². The van der Waals surface area contributed by atoms with E-state index in [-0.39, 0.29) is 18.6 Å². The SMILES string of the molecule is CCNC(C)CC(=O)NC(C)(C)CO. The van der Waals surface area contributed by atoms with Crippen LogP contribution in [0.3, 0.4) is 0 Å². The molecule has 0 spiro atoms. The first-order chi connectivity index (χ1) is 6.41. The fourth-order valence-electron chi connectivity index (χ4n) is 1.17. The number of aliphatic hydroxyl groups is 1. The highest BCUT2D eigenvalue weighted by molar-refractivity contribution is 5.77. The minimum Gasteiger partial charge on any atom is -0.394 e. The third-order valence-electron chi connectivity index (χ3n) is 1.92. The molecular weight excluding hydrogens is 180 g/mol. The third kappa shape index (κ3) is 5.94. The van der Waals surface area contributed by atoms with Crippen LogP contribution in [0.15, 0.2) is 0 Å². The smallest absolute Gasteiger partial charge is 0.222 e. The van der Waals surface area contributed by atoms with Gasteiger partial charge in [0, 0.05) is 12.5 Å². The van der Waals surface area contributed by atoms with Crippen LogP contribution in [0.2, 0.25) is 0 Å². The van der Waals surface area contributed by atoms with Gasteiger partial charge in [-0.3, -0.25) is 4.79 Å². The van der Waals surface area contributed by atoms with Crippen LogP contribution in [0, 0.1) is 0 Å². The maximum atomic E-state index is 11.4. The van der Waals surface area contributed by atoms with Crippen molar-refractivity contribution in [3.63, 3.8) is 0 Å². The van der Waals surface area contributed by atoms with Crippen LogP contribution in [0.5, 0.6) is 0 Å². The summed E-state index contributed by atoms with van der Waals surface area (Å²) in [4.78, 5) is 11.4. The van der Waals surface area contributed by atoms with Gasteiger partial charge in [0.15, 0.2) is 0 Å². The zero-order valence-corrected chi connectivity index (χ0v) is 9.55. The summed E-state index contributed by atoms with van der Waals surface area (Å²) in [5, 5.41) is 14.9. The summed E-state index contributed by atoms with van der Waals surface area (Å²) < 4.78 is 0. The van der Waals surface area contributed by atoms with Gasteiger partial charge in [0.25, 0.3) is 0 Å². The van der Waals surface area contributed by atoms with Crippen molar-refractivity contribution >= 4 is 5.91 Å². The van der Waals surface area contributed by atoms with Gasteiger partial charge in [-0.1, -0.05) is 6.92 Å². The first kappa shape index (κ1) is 13.4. The summed E-state index contributed by atoms with van der Waals surface area (Å²) >= 11 is 0. The quantitative estimate of drug-likeness (QED) is 0.579. The lowest BCUT2D eigenvalue weighted by molar-refractivity contribution is -0.123. The number of hydrogen-bond donors (Lipinski definition) is 3. The molecule has 1 unspecified atom stereocenters. The van der Waals surface area contributed by atoms with Crippen LogP contribution in [-0.4, -0.2) is 35.7 Å². The molecule has 0 radical (unpaired) electrons. The van der Waals surface area contributed by atoms with Gasteiger partial charge in [0.1, 0.15) is 0 Å². The Labute approximate surface area is 86.1 Å². The number of amides is 1. The van der Waals surface area contributed by atoms with E-state index in [1.807, 2.05) is 13.8 Å². The average Bonchev–Trinajstić information content (AvgIpc) is 2.03. The molecule has 0 aromatic heterocycles. The molecule has 1 atom stereocenters. The van der Waals surface area contributed by atoms with E-state index in [4.69, 9.17) is 5.11 Å². The standard InChI is InChI=1S/C10H22N2O2/c1-5-11-8(2)6-9(14)12-10(3,4)7-13/h8,11,13H,5-7H2,1-4H3,(H,12,14). The topological polar surface area (TPSA) is 61.4 Å². The van der Waals surface area contributed by atoms with Crippen LogP contribution >= 0.6 is 0 Å². The molecule has 0 saturated carbocycles. The Kier molecular flexibility index (Phi) is 5.72. The molecular formula is C10H22N2O2. The molecule has 0 bridgehead atoms. The van der Waals surface area contributed by atoms with E-state index in [1.54, 1.807) is 13.8 Å². The Morgan fingerprint density at radius 3 is 2.50 bits per heavy atom. The van der Waals surface area contributed by atoms with Crippen LogP contribution < -0.4 is 10.6 Å². The Balaban J connectivity index is 3.86. The molecule has 0 fully saturated rings. The zero-order chi connectivity index (χ0) is 11.2. The van der Waals surface area contributed by atoms with Crippen molar-refractivity contribution in [2.45, 2.75) is 45.7 Å². The second kappa shape index (κ2) is 5.98. The second-order valence-electron chi connectivity index (χ2n) is 4.25. The molecule has 0 saturated heterocycles. The van der Waals surface area contributed by atoms with Gasteiger partial charge < -0.3 is 15.7 Å². The van der Waals surface area contributed by atoms with Gasteiger partial charge in [0.2, 0.25) is 5.91 Å². The summed E-state index contributed by atoms with van der Waals surface area (Å²) in [5.41, 5.74) is -0.525. The largest absolute Gasteiger partial charge is 0.394 e. The average molecular weight is 202 g/mol. The molecule has 84 valence electrons. The number of rotatable bonds is 6. The van der Waals surface area contributed by atoms with E-state index in [9.17, 15) is 4.79 Å². The minimum atomic E-state index is -0.525. The van der Waals surface area contributed by atoms with Crippen molar-refractivity contribution in [1.29, 1.82) is 0 Å². The molecule has 4 heteroatoms. The molecule has 4 nitrogen and oxygen atoms in total. The fourth-order valence-corrected chi connectivity index (χ4v) is 1.17. The van der Waals surface area contributed by atoms with Gasteiger partial charge in [-0.15, -0.1) is 0 Å². The normalized spacial score (nSPS) is 13.8. The lowest BCUT2D eigenvalue weighted by atomic mass is 10.1. The zero-order valence-electron chi connectivity index (χ0n) is 9.55. The Hall–Kier alpha value is -0.610. The van der Waals surface area contributed by atoms with Crippen molar-refractivity contribution in [3.05, 3.63) is 0 Å². The summed E-state index contributed by atoms with van der Waals surface area (Å²) in [7, 11) is 0. The van der Waals surface area contributed by atoms with Crippen molar-refractivity contribution in [1.82, 2.24) is 10.6 Å². The van der Waals surface area contributed by atoms with E-state index < -0.39 is 5.54 Å². The fraction of sp³-hybridized carbons (Fsp3) is 0.900. The lowest BCUT2D eigenvalue weighted by Gasteiger charge is -2.24. The van der Waals surface area contributed by atoms with E-state index in [1.165, 1.54) is 0 Å². The Morgan fingerprint density at radius 2 is 2.07 bits per heavy atom. The molecule has 0 aliphatic heterocycles. The molecule has 14 heavy (non-hydrogen) atoms. The number of hydrogen-bond acceptors (Lipinski definition) is 3. The summed E-state index contributed by atoms with van der Waals surface area (Å²) in [6, 6.07) is 0.175. The van der Waals surface area contributed by atoms with Crippen molar-refractivity contribution in [3.8, 4) is 0 Å². The molecule has 0 aromatic rings. The highest BCUT2D eigenvalue weighted by Crippen LogP contribution is 2.01. The number of carbonyl (C=O) groups is 1. The third-order valence-corrected chi connectivity index (χ3v) is 1.92. The monoisotopic (exact) mass is 202 g/mol. The first-order valence-electron chi connectivity index (χ1n) is 5.06. The number of nitrogens with one attached hydrogen (secondary N) is 2.